The van der Waals surface area contributed by atoms with Crippen LogP contribution in [0.2, 0.25) is 0 Å². The van der Waals surface area contributed by atoms with Gasteiger partial charge in [-0.15, -0.1) is 0 Å². The minimum absolute atomic E-state index is 0.0628. The van der Waals surface area contributed by atoms with Crippen LogP contribution in [0.15, 0.2) is 0 Å². The summed E-state index contributed by atoms with van der Waals surface area (Å²) in [6.07, 6.45) is 1.41. The molecule has 0 aliphatic rings. The van der Waals surface area contributed by atoms with Crippen LogP contribution in [0, 0.1) is 0 Å². The maximum absolute atomic E-state index is 9.90. The van der Waals surface area contributed by atoms with Gasteiger partial charge < -0.3 is 15.0 Å². The lowest BCUT2D eigenvalue weighted by molar-refractivity contribution is -0.139. The predicted octanol–water partition coefficient (Wildman–Crippen LogP) is -0.0847. The van der Waals surface area contributed by atoms with Gasteiger partial charge in [0.1, 0.15) is 6.79 Å². The van der Waals surface area contributed by atoms with Crippen molar-refractivity contribution >= 4 is 31.3 Å². The quantitative estimate of drug-likeness (QED) is 0.373. The first-order valence-electron chi connectivity index (χ1n) is 4.16. The molecule has 0 spiro atoms. The number of unbranched alkanes of at least 4 members (excludes halogenated alkanes) is 1. The molecule has 0 heterocycles. The van der Waals surface area contributed by atoms with Crippen molar-refractivity contribution in [1.82, 2.24) is 0 Å². The van der Waals surface area contributed by atoms with Crippen LogP contribution >= 0.6 is 0 Å². The van der Waals surface area contributed by atoms with E-state index >= 15 is 0 Å². The van der Waals surface area contributed by atoms with Crippen LogP contribution in [0.3, 0.4) is 0 Å². The Balaban J connectivity index is -0.000000237. The Hall–Kier alpha value is -2.05. The molecule has 0 saturated heterocycles. The summed E-state index contributed by atoms with van der Waals surface area (Å²) >= 11 is 0. The number of hydrogen-bond acceptors (Lipinski definition) is 5. The van der Waals surface area contributed by atoms with Crippen molar-refractivity contribution < 1.29 is 34.2 Å². The van der Waals surface area contributed by atoms with Crippen molar-refractivity contribution in [3.05, 3.63) is 0 Å². The van der Waals surface area contributed by atoms with Crippen LogP contribution in [-0.2, 0) is 24.0 Å². The topological polar surface area (TPSA) is 126 Å². The lowest BCUT2D eigenvalue weighted by Crippen LogP contribution is -1.97. The van der Waals surface area contributed by atoms with E-state index in [-0.39, 0.29) is 25.4 Å². The highest BCUT2D eigenvalue weighted by atomic mass is 16.4. The number of aldehydes is 2. The monoisotopic (exact) mass is 234 g/mol. The molecule has 7 nitrogen and oxygen atoms in total. The van der Waals surface area contributed by atoms with E-state index in [1.54, 1.807) is 0 Å². The summed E-state index contributed by atoms with van der Waals surface area (Å²) in [5.41, 5.74) is 0. The molecule has 0 atom stereocenters. The lowest BCUT2D eigenvalue weighted by atomic mass is 10.2. The molecule has 92 valence electrons. The van der Waals surface area contributed by atoms with Gasteiger partial charge in [0.25, 0.3) is 0 Å². The van der Waals surface area contributed by atoms with Crippen LogP contribution in [0.1, 0.15) is 25.7 Å². The highest BCUT2D eigenvalue weighted by Gasteiger charge is 1.99. The van der Waals surface area contributed by atoms with E-state index in [0.29, 0.717) is 12.8 Å². The summed E-state index contributed by atoms with van der Waals surface area (Å²) in [6.45, 7) is 2.00. The first-order chi connectivity index (χ1) is 7.54. The number of hydrogen-bond donors (Lipinski definition) is 2. The average Bonchev–Trinajstić information content (AvgIpc) is 2.27. The van der Waals surface area contributed by atoms with Gasteiger partial charge in [-0.25, -0.2) is 0 Å². The predicted molar refractivity (Wildman–Crippen MR) is 53.0 cm³/mol. The largest absolute Gasteiger partial charge is 0.481 e. The average molecular weight is 234 g/mol. The number of aliphatic carboxylic acids is 2. The Morgan fingerprint density at radius 2 is 1.12 bits per heavy atom. The minimum atomic E-state index is -0.870. The van der Waals surface area contributed by atoms with E-state index in [4.69, 9.17) is 24.6 Å². The van der Waals surface area contributed by atoms with Gasteiger partial charge in [-0.1, -0.05) is 0 Å². The Kier molecular flexibility index (Phi) is 22.8. The van der Waals surface area contributed by atoms with Crippen molar-refractivity contribution in [2.45, 2.75) is 25.7 Å². The van der Waals surface area contributed by atoms with Gasteiger partial charge in [0, 0.05) is 12.8 Å². The van der Waals surface area contributed by atoms with Crippen molar-refractivity contribution in [3.8, 4) is 0 Å². The lowest BCUT2D eigenvalue weighted by Gasteiger charge is -1.92. The smallest absolute Gasteiger partial charge is 0.303 e. The molecule has 0 aliphatic heterocycles. The highest BCUT2D eigenvalue weighted by molar-refractivity contribution is 6.09. The van der Waals surface area contributed by atoms with Gasteiger partial charge in [0.05, 0.1) is 0 Å². The van der Waals surface area contributed by atoms with Gasteiger partial charge in [0.15, 0.2) is 12.6 Å². The highest BCUT2D eigenvalue weighted by Crippen LogP contribution is 1.98. The molecule has 16 heavy (non-hydrogen) atoms. The molecular weight excluding hydrogens is 220 g/mol. The Labute approximate surface area is 92.1 Å². The number of carboxylic acid groups (broad SMARTS) is 2. The summed E-state index contributed by atoms with van der Waals surface area (Å²) in [7, 11) is 0. The molecule has 0 aromatic carbocycles. The summed E-state index contributed by atoms with van der Waals surface area (Å²) in [5, 5.41) is 16.3. The summed E-state index contributed by atoms with van der Waals surface area (Å²) in [6, 6.07) is 0. The molecule has 0 aliphatic carbocycles. The van der Waals surface area contributed by atoms with Crippen LogP contribution in [0.5, 0.6) is 0 Å². The van der Waals surface area contributed by atoms with E-state index in [1.165, 1.54) is 0 Å². The number of carbonyl (C=O) groups is 5. The molecular formula is C9H14O7. The third-order valence-electron chi connectivity index (χ3n) is 1.09. The van der Waals surface area contributed by atoms with E-state index < -0.39 is 11.9 Å². The first kappa shape index (κ1) is 19.5. The summed E-state index contributed by atoms with van der Waals surface area (Å²) in [4.78, 5) is 45.4. The third-order valence-corrected chi connectivity index (χ3v) is 1.09. The number of carboxylic acids is 2. The fourth-order valence-electron chi connectivity index (χ4n) is 0.552. The molecule has 0 unspecified atom stereocenters. The summed E-state index contributed by atoms with van der Waals surface area (Å²) in [5.74, 6) is -1.74. The molecule has 0 bridgehead atoms. The molecule has 0 fully saturated rings. The number of carbonyl (C=O) groups excluding carboxylic acids is 3. The molecule has 0 radical (unpaired) electrons. The molecule has 0 amide bonds. The van der Waals surface area contributed by atoms with E-state index in [9.17, 15) is 9.59 Å². The van der Waals surface area contributed by atoms with Crippen LogP contribution in [0.25, 0.3) is 0 Å². The molecule has 0 rings (SSSR count). The second-order valence-corrected chi connectivity index (χ2v) is 2.27. The fourth-order valence-corrected chi connectivity index (χ4v) is 0.552. The van der Waals surface area contributed by atoms with Gasteiger partial charge >= 0.3 is 11.9 Å². The van der Waals surface area contributed by atoms with E-state index in [0.717, 1.165) is 0 Å². The number of rotatable bonds is 6. The molecule has 7 heteroatoms. The second kappa shape index (κ2) is 18.7. The van der Waals surface area contributed by atoms with E-state index in [2.05, 4.69) is 0 Å². The molecule has 0 aromatic heterocycles. The first-order valence-corrected chi connectivity index (χ1v) is 4.16. The van der Waals surface area contributed by atoms with Gasteiger partial charge in [0.2, 0.25) is 0 Å². The molecule has 0 saturated carbocycles. The second-order valence-electron chi connectivity index (χ2n) is 2.27. The van der Waals surface area contributed by atoms with Gasteiger partial charge in [-0.05, 0) is 12.8 Å². The summed E-state index contributed by atoms with van der Waals surface area (Å²) < 4.78 is 0. The SMILES string of the molecule is C=O.O=C(O)CCCCC(=O)O.O=CC=O. The Morgan fingerprint density at radius 3 is 1.25 bits per heavy atom. The maximum Gasteiger partial charge on any atom is 0.303 e. The van der Waals surface area contributed by atoms with Gasteiger partial charge in [-0.3, -0.25) is 19.2 Å². The van der Waals surface area contributed by atoms with Crippen LogP contribution in [0.4, 0.5) is 0 Å². The van der Waals surface area contributed by atoms with Gasteiger partial charge in [-0.2, -0.15) is 0 Å². The Bertz CT molecular complexity index is 190. The van der Waals surface area contributed by atoms with Crippen LogP contribution < -0.4 is 0 Å². The normalized spacial score (nSPS) is 7.25. The molecule has 0 aromatic rings. The minimum Gasteiger partial charge on any atom is -0.481 e. The fraction of sp³-hybridized carbons (Fsp3) is 0.444. The maximum atomic E-state index is 9.90. The van der Waals surface area contributed by atoms with E-state index in [1.807, 2.05) is 6.79 Å². The third kappa shape index (κ3) is 40.5. The zero-order valence-corrected chi connectivity index (χ0v) is 8.63. The Morgan fingerprint density at radius 1 is 0.875 bits per heavy atom. The zero-order chi connectivity index (χ0) is 13.4. The zero-order valence-electron chi connectivity index (χ0n) is 8.63. The van der Waals surface area contributed by atoms with Crippen molar-refractivity contribution in [2.75, 3.05) is 0 Å². The van der Waals surface area contributed by atoms with Crippen molar-refractivity contribution in [1.29, 1.82) is 0 Å². The standard InChI is InChI=1S/C6H10O4.C2H2O2.CH2O/c7-5(8)3-1-2-4-6(9)10;3-1-2-4;1-2/h1-4H2,(H,7,8)(H,9,10);1-2H;1H2. The van der Waals surface area contributed by atoms with Crippen molar-refractivity contribution in [3.63, 3.8) is 0 Å². The van der Waals surface area contributed by atoms with Crippen LogP contribution in [-0.4, -0.2) is 41.5 Å². The van der Waals surface area contributed by atoms with Crippen molar-refractivity contribution in [2.24, 2.45) is 0 Å². The molecule has 2 N–H and O–H groups in total.